The van der Waals surface area contributed by atoms with Crippen molar-refractivity contribution in [1.29, 1.82) is 0 Å². The normalized spacial score (nSPS) is 10.4. The van der Waals surface area contributed by atoms with Crippen LogP contribution in [0.3, 0.4) is 0 Å². The summed E-state index contributed by atoms with van der Waals surface area (Å²) in [6.45, 7) is 4.03. The molecule has 6 nitrogen and oxygen atoms in total. The topological polar surface area (TPSA) is 94.0 Å². The van der Waals surface area contributed by atoms with Crippen LogP contribution in [0.1, 0.15) is 27.6 Å². The molecule has 2 aromatic rings. The number of carbonyl (C=O) groups excluding carboxylic acids is 1. The maximum atomic E-state index is 12.0. The van der Waals surface area contributed by atoms with Crippen LogP contribution >= 0.6 is 0 Å². The van der Waals surface area contributed by atoms with Gasteiger partial charge in [-0.05, 0) is 18.6 Å². The number of aromatic nitrogens is 2. The summed E-state index contributed by atoms with van der Waals surface area (Å²) in [7, 11) is 0. The van der Waals surface area contributed by atoms with Crippen molar-refractivity contribution in [2.24, 2.45) is 0 Å². The number of hydrogen-bond donors (Lipinski definition) is 2. The Hall–Kier alpha value is -2.37. The van der Waals surface area contributed by atoms with Gasteiger partial charge in [0.1, 0.15) is 0 Å². The molecule has 2 rings (SSSR count). The van der Waals surface area contributed by atoms with Crippen molar-refractivity contribution in [2.45, 2.75) is 20.3 Å². The Balaban J connectivity index is 1.93. The molecule has 0 bridgehead atoms. The Morgan fingerprint density at radius 2 is 2.21 bits per heavy atom. The second-order valence-electron chi connectivity index (χ2n) is 4.27. The minimum atomic E-state index is -0.193. The lowest BCUT2D eigenvalue weighted by atomic mass is 10.1. The SMILES string of the molecule is Cc1nc(CCNC(=O)c2cccc(C)c2N)no1. The van der Waals surface area contributed by atoms with Gasteiger partial charge in [0.2, 0.25) is 5.89 Å². The lowest BCUT2D eigenvalue weighted by Gasteiger charge is -2.08. The van der Waals surface area contributed by atoms with Crippen molar-refractivity contribution in [2.75, 3.05) is 12.3 Å². The zero-order chi connectivity index (χ0) is 13.8. The first-order valence-electron chi connectivity index (χ1n) is 6.00. The van der Waals surface area contributed by atoms with E-state index in [-0.39, 0.29) is 5.91 Å². The van der Waals surface area contributed by atoms with E-state index >= 15 is 0 Å². The van der Waals surface area contributed by atoms with Gasteiger partial charge in [0.15, 0.2) is 5.82 Å². The van der Waals surface area contributed by atoms with E-state index in [1.54, 1.807) is 13.0 Å². The largest absolute Gasteiger partial charge is 0.398 e. The van der Waals surface area contributed by atoms with Crippen LogP contribution in [0.15, 0.2) is 22.7 Å². The van der Waals surface area contributed by atoms with Gasteiger partial charge in [0, 0.05) is 25.6 Å². The summed E-state index contributed by atoms with van der Waals surface area (Å²) < 4.78 is 4.85. The van der Waals surface area contributed by atoms with E-state index in [0.717, 1.165) is 5.56 Å². The Morgan fingerprint density at radius 3 is 2.89 bits per heavy atom. The quantitative estimate of drug-likeness (QED) is 0.807. The highest BCUT2D eigenvalue weighted by Gasteiger charge is 2.10. The zero-order valence-corrected chi connectivity index (χ0v) is 10.9. The van der Waals surface area contributed by atoms with E-state index in [0.29, 0.717) is 35.9 Å². The molecule has 0 aliphatic carbocycles. The number of para-hydroxylation sites is 1. The summed E-state index contributed by atoms with van der Waals surface area (Å²) in [6, 6.07) is 5.38. The third-order valence-corrected chi connectivity index (χ3v) is 2.77. The summed E-state index contributed by atoms with van der Waals surface area (Å²) in [5, 5.41) is 6.54. The minimum absolute atomic E-state index is 0.193. The number of carbonyl (C=O) groups is 1. The number of amides is 1. The van der Waals surface area contributed by atoms with Gasteiger partial charge in [-0.25, -0.2) is 0 Å². The summed E-state index contributed by atoms with van der Waals surface area (Å²) in [5.41, 5.74) is 7.76. The number of nitrogens with one attached hydrogen (secondary N) is 1. The Morgan fingerprint density at radius 1 is 1.42 bits per heavy atom. The van der Waals surface area contributed by atoms with Crippen molar-refractivity contribution in [3.05, 3.63) is 41.0 Å². The number of benzene rings is 1. The molecule has 6 heteroatoms. The highest BCUT2D eigenvalue weighted by Crippen LogP contribution is 2.15. The molecule has 0 saturated heterocycles. The number of anilines is 1. The molecule has 0 atom stereocenters. The van der Waals surface area contributed by atoms with Crippen molar-refractivity contribution in [3.63, 3.8) is 0 Å². The van der Waals surface area contributed by atoms with Gasteiger partial charge in [0.05, 0.1) is 5.56 Å². The van der Waals surface area contributed by atoms with E-state index < -0.39 is 0 Å². The predicted molar refractivity (Wildman–Crippen MR) is 70.7 cm³/mol. The maximum absolute atomic E-state index is 12.0. The van der Waals surface area contributed by atoms with Crippen LogP contribution in [0.2, 0.25) is 0 Å². The Labute approximate surface area is 111 Å². The molecule has 100 valence electrons. The fraction of sp³-hybridized carbons (Fsp3) is 0.308. The Bertz CT molecular complexity index is 592. The number of aryl methyl sites for hydroxylation is 2. The van der Waals surface area contributed by atoms with E-state index in [1.807, 2.05) is 19.1 Å². The molecule has 0 radical (unpaired) electrons. The van der Waals surface area contributed by atoms with Crippen LogP contribution in [0.25, 0.3) is 0 Å². The van der Waals surface area contributed by atoms with Crippen LogP contribution in [0, 0.1) is 13.8 Å². The van der Waals surface area contributed by atoms with E-state index in [1.165, 1.54) is 0 Å². The summed E-state index contributed by atoms with van der Waals surface area (Å²) in [5.74, 6) is 0.903. The van der Waals surface area contributed by atoms with E-state index in [4.69, 9.17) is 10.3 Å². The average molecular weight is 260 g/mol. The third kappa shape index (κ3) is 3.09. The molecule has 1 aromatic heterocycles. The molecule has 0 saturated carbocycles. The van der Waals surface area contributed by atoms with Gasteiger partial charge in [0.25, 0.3) is 5.91 Å². The van der Waals surface area contributed by atoms with Gasteiger partial charge < -0.3 is 15.6 Å². The number of nitrogens with two attached hydrogens (primary N) is 1. The molecule has 19 heavy (non-hydrogen) atoms. The van der Waals surface area contributed by atoms with Crippen molar-refractivity contribution < 1.29 is 9.32 Å². The lowest BCUT2D eigenvalue weighted by molar-refractivity contribution is 0.0954. The lowest BCUT2D eigenvalue weighted by Crippen LogP contribution is -2.26. The Kier molecular flexibility index (Phi) is 3.79. The fourth-order valence-corrected chi connectivity index (χ4v) is 1.70. The fourth-order valence-electron chi connectivity index (χ4n) is 1.70. The monoisotopic (exact) mass is 260 g/mol. The molecule has 1 heterocycles. The second-order valence-corrected chi connectivity index (χ2v) is 4.27. The third-order valence-electron chi connectivity index (χ3n) is 2.77. The van der Waals surface area contributed by atoms with Gasteiger partial charge in [-0.1, -0.05) is 17.3 Å². The highest BCUT2D eigenvalue weighted by molar-refractivity contribution is 5.99. The van der Waals surface area contributed by atoms with Crippen LogP contribution < -0.4 is 11.1 Å². The smallest absolute Gasteiger partial charge is 0.253 e. The number of nitrogens with zero attached hydrogens (tertiary/aromatic N) is 2. The van der Waals surface area contributed by atoms with Crippen molar-refractivity contribution in [3.8, 4) is 0 Å². The first-order chi connectivity index (χ1) is 9.08. The van der Waals surface area contributed by atoms with Crippen LogP contribution in [0.4, 0.5) is 5.69 Å². The molecule has 0 spiro atoms. The summed E-state index contributed by atoms with van der Waals surface area (Å²) in [4.78, 5) is 16.0. The predicted octanol–water partition coefficient (Wildman–Crippen LogP) is 1.24. The molecule has 1 amide bonds. The summed E-state index contributed by atoms with van der Waals surface area (Å²) in [6.07, 6.45) is 0.523. The van der Waals surface area contributed by atoms with Crippen molar-refractivity contribution in [1.82, 2.24) is 15.5 Å². The minimum Gasteiger partial charge on any atom is -0.398 e. The molecular formula is C13H16N4O2. The van der Waals surface area contributed by atoms with Gasteiger partial charge in [-0.2, -0.15) is 4.98 Å². The van der Waals surface area contributed by atoms with Crippen molar-refractivity contribution >= 4 is 11.6 Å². The van der Waals surface area contributed by atoms with Crippen LogP contribution in [0.5, 0.6) is 0 Å². The average Bonchev–Trinajstić information content (AvgIpc) is 2.78. The molecule has 0 unspecified atom stereocenters. The van der Waals surface area contributed by atoms with E-state index in [2.05, 4.69) is 15.5 Å². The molecule has 1 aromatic carbocycles. The second kappa shape index (κ2) is 5.51. The number of nitrogen functional groups attached to an aromatic ring is 1. The van der Waals surface area contributed by atoms with Crippen LogP contribution in [-0.2, 0) is 6.42 Å². The van der Waals surface area contributed by atoms with Gasteiger partial charge in [-0.15, -0.1) is 0 Å². The standard InChI is InChI=1S/C13H16N4O2/c1-8-4-3-5-10(12(8)14)13(18)15-7-6-11-16-9(2)19-17-11/h3-5H,6-7,14H2,1-2H3,(H,15,18). The maximum Gasteiger partial charge on any atom is 0.253 e. The molecular weight excluding hydrogens is 244 g/mol. The van der Waals surface area contributed by atoms with Gasteiger partial charge >= 0.3 is 0 Å². The highest BCUT2D eigenvalue weighted by atomic mass is 16.5. The molecule has 0 aliphatic heterocycles. The summed E-state index contributed by atoms with van der Waals surface area (Å²) >= 11 is 0. The molecule has 0 fully saturated rings. The number of hydrogen-bond acceptors (Lipinski definition) is 5. The number of rotatable bonds is 4. The zero-order valence-electron chi connectivity index (χ0n) is 10.9. The first kappa shape index (κ1) is 13.1. The first-order valence-corrected chi connectivity index (χ1v) is 6.00. The molecule has 0 aliphatic rings. The molecule has 3 N–H and O–H groups in total. The van der Waals surface area contributed by atoms with E-state index in [9.17, 15) is 4.79 Å². The van der Waals surface area contributed by atoms with Gasteiger partial charge in [-0.3, -0.25) is 4.79 Å². The van der Waals surface area contributed by atoms with Crippen LogP contribution in [-0.4, -0.2) is 22.6 Å².